The van der Waals surface area contributed by atoms with E-state index >= 15 is 0 Å². The van der Waals surface area contributed by atoms with Crippen LogP contribution in [0.25, 0.3) is 11.1 Å². The molecule has 0 aliphatic carbocycles. The Kier molecular flexibility index (Phi) is 13.8. The first-order valence-corrected chi connectivity index (χ1v) is 15.3. The predicted octanol–water partition coefficient (Wildman–Crippen LogP) is 6.33. The quantitative estimate of drug-likeness (QED) is 0.158. The maximum absolute atomic E-state index is 13.3. The third-order valence-corrected chi connectivity index (χ3v) is 7.63. The van der Waals surface area contributed by atoms with Gasteiger partial charge in [0.15, 0.2) is 0 Å². The monoisotopic (exact) mass is 639 g/mol. The number of amides is 2. The van der Waals surface area contributed by atoms with Crippen LogP contribution in [0, 0.1) is 0 Å². The second kappa shape index (κ2) is 17.7. The highest BCUT2D eigenvalue weighted by molar-refractivity contribution is 7.09. The van der Waals surface area contributed by atoms with E-state index in [4.69, 9.17) is 15.6 Å². The average Bonchev–Trinajstić information content (AvgIpc) is 3.56. The summed E-state index contributed by atoms with van der Waals surface area (Å²) in [6.45, 7) is 2.09. The van der Waals surface area contributed by atoms with Gasteiger partial charge in [0, 0.05) is 43.0 Å². The minimum absolute atomic E-state index is 0.130. The summed E-state index contributed by atoms with van der Waals surface area (Å²) >= 11 is 1.73. The molecule has 0 saturated heterocycles. The van der Waals surface area contributed by atoms with Crippen molar-refractivity contribution in [2.24, 2.45) is 5.73 Å². The molecule has 238 valence electrons. The number of hydrogen-bond donors (Lipinski definition) is 3. The molecule has 45 heavy (non-hydrogen) atoms. The van der Waals surface area contributed by atoms with Gasteiger partial charge in [-0.2, -0.15) is 13.2 Å². The van der Waals surface area contributed by atoms with Gasteiger partial charge >= 0.3 is 12.1 Å². The minimum atomic E-state index is -5.08. The predicted molar refractivity (Wildman–Crippen MR) is 170 cm³/mol. The number of carboxylic acids is 1. The zero-order valence-electron chi connectivity index (χ0n) is 24.6. The molecule has 0 fully saturated rings. The number of alkyl halides is 3. The molecule has 0 aliphatic rings. The minimum Gasteiger partial charge on any atom is -0.475 e. The van der Waals surface area contributed by atoms with Gasteiger partial charge in [0.2, 0.25) is 5.91 Å². The first-order valence-electron chi connectivity index (χ1n) is 14.4. The second-order valence-corrected chi connectivity index (χ2v) is 11.1. The molecule has 3 aromatic carbocycles. The number of carbonyl (C=O) groups is 3. The molecule has 0 spiro atoms. The molecule has 0 saturated carbocycles. The van der Waals surface area contributed by atoms with Crippen LogP contribution in [-0.2, 0) is 29.0 Å². The third kappa shape index (κ3) is 12.2. The highest BCUT2D eigenvalue weighted by atomic mass is 32.1. The number of nitrogens with two attached hydrogens (primary N) is 1. The number of aryl methyl sites for hydroxylation is 1. The number of nitrogens with one attached hydrogen (secondary N) is 1. The lowest BCUT2D eigenvalue weighted by atomic mass is 10.0. The zero-order valence-corrected chi connectivity index (χ0v) is 25.4. The first kappa shape index (κ1) is 35.0. The first-order chi connectivity index (χ1) is 21.6. The Labute approximate surface area is 264 Å². The number of nitrogens with zero attached hydrogens (tertiary/aromatic N) is 1. The van der Waals surface area contributed by atoms with Crippen LogP contribution in [0.4, 0.5) is 13.2 Å². The van der Waals surface area contributed by atoms with Crippen molar-refractivity contribution in [3.63, 3.8) is 0 Å². The van der Waals surface area contributed by atoms with Crippen LogP contribution >= 0.6 is 11.3 Å². The van der Waals surface area contributed by atoms with Crippen molar-refractivity contribution in [2.45, 2.75) is 38.4 Å². The molecule has 7 nitrogen and oxygen atoms in total. The fourth-order valence-corrected chi connectivity index (χ4v) is 5.13. The number of rotatable bonds is 13. The van der Waals surface area contributed by atoms with Crippen LogP contribution in [0.1, 0.15) is 39.2 Å². The summed E-state index contributed by atoms with van der Waals surface area (Å²) in [7, 11) is 0. The van der Waals surface area contributed by atoms with Crippen LogP contribution in [0.15, 0.2) is 96.4 Å². The van der Waals surface area contributed by atoms with Crippen molar-refractivity contribution in [1.82, 2.24) is 10.2 Å². The van der Waals surface area contributed by atoms with Gasteiger partial charge in [-0.3, -0.25) is 9.59 Å². The molecule has 1 heterocycles. The molecule has 4 N–H and O–H groups in total. The normalized spacial score (nSPS) is 10.8. The number of benzene rings is 3. The van der Waals surface area contributed by atoms with Gasteiger partial charge < -0.3 is 21.1 Å². The maximum atomic E-state index is 13.3. The Morgan fingerprint density at radius 2 is 1.51 bits per heavy atom. The molecule has 4 rings (SSSR count). The van der Waals surface area contributed by atoms with Gasteiger partial charge in [-0.05, 0) is 71.2 Å². The van der Waals surface area contributed by atoms with Gasteiger partial charge in [-0.15, -0.1) is 11.3 Å². The van der Waals surface area contributed by atoms with Crippen molar-refractivity contribution in [3.05, 3.63) is 118 Å². The van der Waals surface area contributed by atoms with E-state index in [1.165, 1.54) is 10.4 Å². The number of carbonyl (C=O) groups excluding carboxylic acids is 2. The van der Waals surface area contributed by atoms with Crippen molar-refractivity contribution >= 4 is 29.1 Å². The molecular formula is C34H36F3N3O4S. The molecule has 0 aliphatic heterocycles. The lowest BCUT2D eigenvalue weighted by molar-refractivity contribution is -0.192. The van der Waals surface area contributed by atoms with Crippen LogP contribution in [0.2, 0.25) is 0 Å². The summed E-state index contributed by atoms with van der Waals surface area (Å²) < 4.78 is 31.7. The average molecular weight is 640 g/mol. The van der Waals surface area contributed by atoms with Gasteiger partial charge in [-0.1, -0.05) is 66.7 Å². The molecule has 0 unspecified atom stereocenters. The largest absolute Gasteiger partial charge is 0.490 e. The molecular weight excluding hydrogens is 603 g/mol. The van der Waals surface area contributed by atoms with Crippen LogP contribution < -0.4 is 11.1 Å². The van der Waals surface area contributed by atoms with E-state index in [-0.39, 0.29) is 11.8 Å². The fourth-order valence-electron chi connectivity index (χ4n) is 4.44. The van der Waals surface area contributed by atoms with Gasteiger partial charge in [-0.25, -0.2) is 4.79 Å². The maximum Gasteiger partial charge on any atom is 0.490 e. The van der Waals surface area contributed by atoms with Crippen molar-refractivity contribution in [3.8, 4) is 11.1 Å². The number of halogens is 3. The van der Waals surface area contributed by atoms with Crippen LogP contribution in [-0.4, -0.2) is 53.6 Å². The van der Waals surface area contributed by atoms with Gasteiger partial charge in [0.25, 0.3) is 5.91 Å². The summed E-state index contributed by atoms with van der Waals surface area (Å²) in [4.78, 5) is 37.9. The summed E-state index contributed by atoms with van der Waals surface area (Å²) in [5, 5.41) is 12.0. The fraction of sp³-hybridized carbons (Fsp3) is 0.265. The molecule has 0 radical (unpaired) electrons. The Hall–Kier alpha value is -4.48. The van der Waals surface area contributed by atoms with Crippen molar-refractivity contribution in [2.75, 3.05) is 19.6 Å². The lowest BCUT2D eigenvalue weighted by Crippen LogP contribution is -2.32. The topological polar surface area (TPSA) is 113 Å². The summed E-state index contributed by atoms with van der Waals surface area (Å²) in [6.07, 6.45) is -1.98. The number of hydrogen-bond acceptors (Lipinski definition) is 5. The zero-order chi connectivity index (χ0) is 32.7. The van der Waals surface area contributed by atoms with E-state index < -0.39 is 12.1 Å². The van der Waals surface area contributed by atoms with E-state index in [1.807, 2.05) is 53.4 Å². The molecule has 0 atom stereocenters. The Bertz CT molecular complexity index is 1510. The van der Waals surface area contributed by atoms with Crippen molar-refractivity contribution < 1.29 is 32.7 Å². The number of carboxylic acid groups (broad SMARTS) is 1. The molecule has 11 heteroatoms. The highest BCUT2D eigenvalue weighted by Gasteiger charge is 2.38. The van der Waals surface area contributed by atoms with E-state index in [0.717, 1.165) is 36.0 Å². The number of thiophene rings is 1. The van der Waals surface area contributed by atoms with Gasteiger partial charge in [0.05, 0.1) is 0 Å². The third-order valence-electron chi connectivity index (χ3n) is 6.69. The SMILES string of the molecule is NCCNC(=O)c1cccc(-c2cccc(CN(CCc3cccs3)C(=O)CCCc3ccccc3)c2)c1.O=C(O)C(F)(F)F. The van der Waals surface area contributed by atoms with Crippen molar-refractivity contribution in [1.29, 1.82) is 0 Å². The standard InChI is InChI=1S/C32H35N3O2S.C2HF3O2/c33-18-19-34-32(37)29-14-6-13-28(23-29)27-12-4-11-26(22-27)24-35(20-17-30-15-7-21-38-30)31(36)16-5-10-25-8-2-1-3-9-25;3-2(4,5)1(6)7/h1-4,6-9,11-15,21-23H,5,10,16-20,24,33H2,(H,34,37);(H,6,7). The molecule has 2 amide bonds. The summed E-state index contributed by atoms with van der Waals surface area (Å²) in [5.74, 6) is -2.71. The van der Waals surface area contributed by atoms with E-state index in [0.29, 0.717) is 38.2 Å². The Morgan fingerprint density at radius 1 is 0.844 bits per heavy atom. The highest BCUT2D eigenvalue weighted by Crippen LogP contribution is 2.23. The molecule has 4 aromatic rings. The summed E-state index contributed by atoms with van der Waals surface area (Å²) in [5.41, 5.74) is 10.4. The smallest absolute Gasteiger partial charge is 0.475 e. The van der Waals surface area contributed by atoms with Gasteiger partial charge in [0.1, 0.15) is 0 Å². The molecule has 1 aromatic heterocycles. The summed E-state index contributed by atoms with van der Waals surface area (Å²) in [6, 6.07) is 30.3. The second-order valence-electron chi connectivity index (χ2n) is 10.1. The Balaban J connectivity index is 0.000000707. The Morgan fingerprint density at radius 3 is 2.16 bits per heavy atom. The van der Waals surface area contributed by atoms with Crippen LogP contribution in [0.3, 0.4) is 0 Å². The molecule has 0 bridgehead atoms. The van der Waals surface area contributed by atoms with E-state index in [2.05, 4.69) is 47.1 Å². The lowest BCUT2D eigenvalue weighted by Gasteiger charge is -2.23. The van der Waals surface area contributed by atoms with E-state index in [1.54, 1.807) is 17.4 Å². The van der Waals surface area contributed by atoms with Crippen LogP contribution in [0.5, 0.6) is 0 Å². The van der Waals surface area contributed by atoms with E-state index in [9.17, 15) is 22.8 Å². The number of aliphatic carboxylic acids is 1.